The van der Waals surface area contributed by atoms with Gasteiger partial charge in [-0.2, -0.15) is 0 Å². The van der Waals surface area contributed by atoms with Gasteiger partial charge >= 0.3 is 0 Å². The van der Waals surface area contributed by atoms with Gasteiger partial charge in [0.25, 0.3) is 0 Å². The van der Waals surface area contributed by atoms with Crippen LogP contribution in [0.2, 0.25) is 0 Å². The normalized spacial score (nSPS) is 23.2. The Morgan fingerprint density at radius 1 is 1.44 bits per heavy atom. The van der Waals surface area contributed by atoms with Crippen molar-refractivity contribution < 1.29 is 4.79 Å². The van der Waals surface area contributed by atoms with Gasteiger partial charge in [0.1, 0.15) is 0 Å². The van der Waals surface area contributed by atoms with E-state index in [0.717, 1.165) is 6.42 Å². The Morgan fingerprint density at radius 3 is 2.67 bits per heavy atom. The number of carbonyl (C=O) groups excluding carboxylic acids is 1. The molecular formula is C8H10O. The maximum atomic E-state index is 10.6. The summed E-state index contributed by atoms with van der Waals surface area (Å²) >= 11 is 0. The summed E-state index contributed by atoms with van der Waals surface area (Å²) in [6, 6.07) is 0. The Labute approximate surface area is 55.1 Å². The highest BCUT2D eigenvalue weighted by atomic mass is 16.1. The number of hydrogen-bond acceptors (Lipinski definition) is 1. The summed E-state index contributed by atoms with van der Waals surface area (Å²) in [6.07, 6.45) is 7.20. The zero-order chi connectivity index (χ0) is 6.69. The van der Waals surface area contributed by atoms with E-state index < -0.39 is 0 Å². The zero-order valence-corrected chi connectivity index (χ0v) is 5.55. The molecule has 0 atom stereocenters. The molecule has 0 unspecified atom stereocenters. The van der Waals surface area contributed by atoms with Crippen LogP contribution in [-0.2, 0) is 4.79 Å². The summed E-state index contributed by atoms with van der Waals surface area (Å²) in [4.78, 5) is 10.6. The highest BCUT2D eigenvalue weighted by Crippen LogP contribution is 2.12. The van der Waals surface area contributed by atoms with Crippen molar-refractivity contribution in [2.75, 3.05) is 0 Å². The third kappa shape index (κ3) is 1.53. The minimum Gasteiger partial charge on any atom is -0.295 e. The average Bonchev–Trinajstić information content (AvgIpc) is 1.90. The Balaban J connectivity index is 2.69. The van der Waals surface area contributed by atoms with Crippen LogP contribution in [0.3, 0.4) is 0 Å². The lowest BCUT2D eigenvalue weighted by atomic mass is 10.0. The van der Waals surface area contributed by atoms with E-state index >= 15 is 0 Å². The zero-order valence-electron chi connectivity index (χ0n) is 5.55. The van der Waals surface area contributed by atoms with Gasteiger partial charge in [-0.3, -0.25) is 4.79 Å². The van der Waals surface area contributed by atoms with E-state index in [9.17, 15) is 4.79 Å². The van der Waals surface area contributed by atoms with Gasteiger partial charge in [0, 0.05) is 6.42 Å². The van der Waals surface area contributed by atoms with E-state index in [-0.39, 0.29) is 5.78 Å². The molecular weight excluding hydrogens is 112 g/mol. The minimum absolute atomic E-state index is 0.251. The van der Waals surface area contributed by atoms with Crippen LogP contribution in [0.1, 0.15) is 19.8 Å². The Kier molecular flexibility index (Phi) is 1.83. The molecule has 1 nitrogen and oxygen atoms in total. The first-order chi connectivity index (χ1) is 4.33. The minimum atomic E-state index is 0.251. The standard InChI is InChI=1S/C8H10O/c1-2-7-3-5-8(9)6-4-7/h2-3,5H,4,6H2,1H3/b7-2+. The average molecular weight is 122 g/mol. The van der Waals surface area contributed by atoms with E-state index in [1.165, 1.54) is 5.57 Å². The second-order valence-electron chi connectivity index (χ2n) is 2.16. The van der Waals surface area contributed by atoms with Crippen molar-refractivity contribution in [2.24, 2.45) is 0 Å². The molecule has 0 aromatic heterocycles. The van der Waals surface area contributed by atoms with Crippen LogP contribution in [0.15, 0.2) is 23.8 Å². The van der Waals surface area contributed by atoms with Crippen LogP contribution in [0.4, 0.5) is 0 Å². The van der Waals surface area contributed by atoms with Gasteiger partial charge in [0.2, 0.25) is 0 Å². The van der Waals surface area contributed by atoms with Crippen molar-refractivity contribution in [1.82, 2.24) is 0 Å². The van der Waals surface area contributed by atoms with Gasteiger partial charge in [0.05, 0.1) is 0 Å². The summed E-state index contributed by atoms with van der Waals surface area (Å²) in [5, 5.41) is 0. The molecule has 9 heavy (non-hydrogen) atoms. The predicted molar refractivity (Wildman–Crippen MR) is 37.1 cm³/mol. The van der Waals surface area contributed by atoms with E-state index in [2.05, 4.69) is 0 Å². The first-order valence-corrected chi connectivity index (χ1v) is 3.19. The van der Waals surface area contributed by atoms with E-state index in [4.69, 9.17) is 0 Å². The fourth-order valence-electron chi connectivity index (χ4n) is 0.875. The molecule has 0 spiro atoms. The number of rotatable bonds is 0. The highest BCUT2D eigenvalue weighted by molar-refractivity contribution is 5.91. The maximum absolute atomic E-state index is 10.6. The largest absolute Gasteiger partial charge is 0.295 e. The first kappa shape index (κ1) is 6.27. The van der Waals surface area contributed by atoms with Crippen molar-refractivity contribution in [2.45, 2.75) is 19.8 Å². The number of carbonyl (C=O) groups is 1. The van der Waals surface area contributed by atoms with Crippen molar-refractivity contribution in [3.63, 3.8) is 0 Å². The van der Waals surface area contributed by atoms with Crippen LogP contribution in [0, 0.1) is 0 Å². The Bertz CT molecular complexity index is 175. The quantitative estimate of drug-likeness (QED) is 0.479. The molecule has 0 radical (unpaired) electrons. The molecule has 0 saturated heterocycles. The fourth-order valence-corrected chi connectivity index (χ4v) is 0.875. The maximum Gasteiger partial charge on any atom is 0.156 e. The predicted octanol–water partition coefficient (Wildman–Crippen LogP) is 1.85. The lowest BCUT2D eigenvalue weighted by molar-refractivity contribution is -0.114. The van der Waals surface area contributed by atoms with Crippen LogP contribution in [-0.4, -0.2) is 5.78 Å². The van der Waals surface area contributed by atoms with Crippen LogP contribution in [0.25, 0.3) is 0 Å². The van der Waals surface area contributed by atoms with Gasteiger partial charge in [-0.1, -0.05) is 17.7 Å². The van der Waals surface area contributed by atoms with Gasteiger partial charge < -0.3 is 0 Å². The molecule has 0 N–H and O–H groups in total. The van der Waals surface area contributed by atoms with E-state index in [1.54, 1.807) is 6.08 Å². The molecule has 48 valence electrons. The van der Waals surface area contributed by atoms with Crippen LogP contribution >= 0.6 is 0 Å². The van der Waals surface area contributed by atoms with E-state index in [0.29, 0.717) is 6.42 Å². The SMILES string of the molecule is C/C=C1\C=CC(=O)CC1. The second-order valence-corrected chi connectivity index (χ2v) is 2.16. The van der Waals surface area contributed by atoms with Gasteiger partial charge in [-0.15, -0.1) is 0 Å². The molecule has 0 saturated carbocycles. The van der Waals surface area contributed by atoms with E-state index in [1.807, 2.05) is 19.1 Å². The molecule has 0 amide bonds. The molecule has 0 bridgehead atoms. The monoisotopic (exact) mass is 122 g/mol. The second kappa shape index (κ2) is 2.62. The molecule has 1 heteroatoms. The van der Waals surface area contributed by atoms with Crippen LogP contribution < -0.4 is 0 Å². The first-order valence-electron chi connectivity index (χ1n) is 3.19. The van der Waals surface area contributed by atoms with Gasteiger partial charge in [-0.25, -0.2) is 0 Å². The Hall–Kier alpha value is -0.850. The summed E-state index contributed by atoms with van der Waals surface area (Å²) in [5.74, 6) is 0.251. The number of hydrogen-bond donors (Lipinski definition) is 0. The molecule has 1 aliphatic carbocycles. The summed E-state index contributed by atoms with van der Waals surface area (Å²) < 4.78 is 0. The summed E-state index contributed by atoms with van der Waals surface area (Å²) in [7, 11) is 0. The van der Waals surface area contributed by atoms with Crippen molar-refractivity contribution in [3.05, 3.63) is 23.8 Å². The molecule has 1 rings (SSSR count). The molecule has 0 fully saturated rings. The summed E-state index contributed by atoms with van der Waals surface area (Å²) in [6.45, 7) is 2.00. The molecule has 1 aliphatic rings. The molecule has 0 heterocycles. The van der Waals surface area contributed by atoms with Crippen molar-refractivity contribution in [3.8, 4) is 0 Å². The molecule has 0 aromatic rings. The van der Waals surface area contributed by atoms with Gasteiger partial charge in [0.15, 0.2) is 5.78 Å². The third-order valence-electron chi connectivity index (χ3n) is 1.51. The van der Waals surface area contributed by atoms with Crippen LogP contribution in [0.5, 0.6) is 0 Å². The molecule has 0 aromatic carbocycles. The lowest BCUT2D eigenvalue weighted by Crippen LogP contribution is -1.98. The smallest absolute Gasteiger partial charge is 0.156 e. The topological polar surface area (TPSA) is 17.1 Å². The summed E-state index contributed by atoms with van der Waals surface area (Å²) in [5.41, 5.74) is 1.27. The van der Waals surface area contributed by atoms with Gasteiger partial charge in [-0.05, 0) is 19.4 Å². The molecule has 0 aliphatic heterocycles. The third-order valence-corrected chi connectivity index (χ3v) is 1.51. The van der Waals surface area contributed by atoms with Crippen molar-refractivity contribution in [1.29, 1.82) is 0 Å². The highest BCUT2D eigenvalue weighted by Gasteiger charge is 2.03. The number of ketones is 1. The van der Waals surface area contributed by atoms with Crippen molar-refractivity contribution >= 4 is 5.78 Å². The lowest BCUT2D eigenvalue weighted by Gasteiger charge is -2.03. The Morgan fingerprint density at radius 2 is 2.22 bits per heavy atom. The fraction of sp³-hybridized carbons (Fsp3) is 0.375. The number of allylic oxidation sites excluding steroid dienone is 4.